The third-order valence-electron chi connectivity index (χ3n) is 3.17. The first-order valence-corrected chi connectivity index (χ1v) is 8.29. The lowest BCUT2D eigenvalue weighted by Crippen LogP contribution is -2.16. The first kappa shape index (κ1) is 14.8. The molecule has 0 saturated carbocycles. The Bertz CT molecular complexity index is 722. The fourth-order valence-corrected chi connectivity index (χ4v) is 3.39. The number of nitrogens with zero attached hydrogens (tertiary/aromatic N) is 1. The smallest absolute Gasteiger partial charge is 0.0951 e. The minimum Gasteiger partial charge on any atom is -0.312 e. The molecular weight excluding hydrogens is 323 g/mol. The van der Waals surface area contributed by atoms with Crippen LogP contribution in [0.25, 0.3) is 10.2 Å². The normalized spacial score (nSPS) is 11.1. The average molecular weight is 337 g/mol. The van der Waals surface area contributed by atoms with Gasteiger partial charge in [-0.1, -0.05) is 41.4 Å². The van der Waals surface area contributed by atoms with Crippen LogP contribution in [0.4, 0.5) is 0 Å². The molecule has 1 heterocycles. The van der Waals surface area contributed by atoms with Crippen molar-refractivity contribution < 1.29 is 0 Å². The van der Waals surface area contributed by atoms with Crippen molar-refractivity contribution >= 4 is 44.8 Å². The molecule has 5 heteroatoms. The fourth-order valence-electron chi connectivity index (χ4n) is 2.10. The standard InChI is InChI=1S/C16H14Cl2N2S/c17-12-6-5-11(9-13(12)18)10-19-8-7-16-20-14-3-1-2-4-15(14)21-16/h1-6,9,19H,7-8,10H2. The van der Waals surface area contributed by atoms with Crippen molar-refractivity contribution in [1.82, 2.24) is 10.3 Å². The fraction of sp³-hybridized carbons (Fsp3) is 0.188. The van der Waals surface area contributed by atoms with E-state index in [2.05, 4.69) is 22.4 Å². The van der Waals surface area contributed by atoms with Crippen molar-refractivity contribution in [2.24, 2.45) is 0 Å². The third-order valence-corrected chi connectivity index (χ3v) is 5.00. The lowest BCUT2D eigenvalue weighted by atomic mass is 10.2. The van der Waals surface area contributed by atoms with Crippen LogP contribution in [0, 0.1) is 0 Å². The summed E-state index contributed by atoms with van der Waals surface area (Å²) in [4.78, 5) is 4.62. The van der Waals surface area contributed by atoms with Gasteiger partial charge in [-0.05, 0) is 29.8 Å². The zero-order valence-electron chi connectivity index (χ0n) is 11.3. The lowest BCUT2D eigenvalue weighted by molar-refractivity contribution is 0.686. The number of aromatic nitrogens is 1. The molecule has 0 bridgehead atoms. The number of benzene rings is 2. The van der Waals surface area contributed by atoms with E-state index in [1.165, 1.54) is 4.70 Å². The molecule has 2 nitrogen and oxygen atoms in total. The van der Waals surface area contributed by atoms with Crippen molar-refractivity contribution in [3.8, 4) is 0 Å². The van der Waals surface area contributed by atoms with E-state index in [0.717, 1.165) is 35.6 Å². The minimum atomic E-state index is 0.592. The van der Waals surface area contributed by atoms with Gasteiger partial charge in [0.15, 0.2) is 0 Å². The zero-order valence-corrected chi connectivity index (χ0v) is 13.6. The maximum Gasteiger partial charge on any atom is 0.0951 e. The summed E-state index contributed by atoms with van der Waals surface area (Å²) in [5, 5.41) is 5.76. The summed E-state index contributed by atoms with van der Waals surface area (Å²) in [5.74, 6) is 0. The molecule has 1 aromatic heterocycles. The van der Waals surface area contributed by atoms with E-state index in [1.54, 1.807) is 11.3 Å². The number of hydrogen-bond donors (Lipinski definition) is 1. The van der Waals surface area contributed by atoms with E-state index in [0.29, 0.717) is 10.0 Å². The SMILES string of the molecule is Clc1ccc(CNCCc2nc3ccccc3s2)cc1Cl. The molecule has 0 amide bonds. The van der Waals surface area contributed by atoms with Crippen molar-refractivity contribution in [3.05, 3.63) is 63.1 Å². The van der Waals surface area contributed by atoms with E-state index < -0.39 is 0 Å². The van der Waals surface area contributed by atoms with Gasteiger partial charge >= 0.3 is 0 Å². The van der Waals surface area contributed by atoms with Gasteiger partial charge in [0, 0.05) is 19.5 Å². The van der Waals surface area contributed by atoms with Crippen molar-refractivity contribution in [1.29, 1.82) is 0 Å². The van der Waals surface area contributed by atoms with Gasteiger partial charge in [0.1, 0.15) is 0 Å². The summed E-state index contributed by atoms with van der Waals surface area (Å²) < 4.78 is 1.25. The summed E-state index contributed by atoms with van der Waals surface area (Å²) in [6, 6.07) is 13.9. The Morgan fingerprint density at radius 2 is 1.90 bits per heavy atom. The Morgan fingerprint density at radius 1 is 1.05 bits per heavy atom. The predicted molar refractivity (Wildman–Crippen MR) is 91.5 cm³/mol. The quantitative estimate of drug-likeness (QED) is 0.668. The number of thiazole rings is 1. The molecule has 0 atom stereocenters. The number of para-hydroxylation sites is 1. The summed E-state index contributed by atoms with van der Waals surface area (Å²) in [6.07, 6.45) is 0.931. The summed E-state index contributed by atoms with van der Waals surface area (Å²) in [7, 11) is 0. The molecule has 0 unspecified atom stereocenters. The van der Waals surface area contributed by atoms with Crippen molar-refractivity contribution in [2.45, 2.75) is 13.0 Å². The van der Waals surface area contributed by atoms with Crippen LogP contribution in [0.15, 0.2) is 42.5 Å². The molecule has 1 N–H and O–H groups in total. The van der Waals surface area contributed by atoms with Gasteiger partial charge in [0.25, 0.3) is 0 Å². The number of fused-ring (bicyclic) bond motifs is 1. The van der Waals surface area contributed by atoms with Crippen LogP contribution in [-0.2, 0) is 13.0 Å². The van der Waals surface area contributed by atoms with E-state index in [9.17, 15) is 0 Å². The zero-order chi connectivity index (χ0) is 14.7. The first-order chi connectivity index (χ1) is 10.2. The molecular formula is C16H14Cl2N2S. The Morgan fingerprint density at radius 3 is 2.71 bits per heavy atom. The molecule has 0 radical (unpaired) electrons. The molecule has 0 fully saturated rings. The lowest BCUT2D eigenvalue weighted by Gasteiger charge is -2.05. The van der Waals surface area contributed by atoms with Crippen LogP contribution in [0.5, 0.6) is 0 Å². The molecule has 0 saturated heterocycles. The van der Waals surface area contributed by atoms with Gasteiger partial charge in [-0.15, -0.1) is 11.3 Å². The van der Waals surface area contributed by atoms with Gasteiger partial charge in [-0.2, -0.15) is 0 Å². The highest BCUT2D eigenvalue weighted by Crippen LogP contribution is 2.23. The van der Waals surface area contributed by atoms with Crippen LogP contribution < -0.4 is 5.32 Å². The molecule has 0 aliphatic rings. The Kier molecular flexibility index (Phi) is 4.76. The van der Waals surface area contributed by atoms with Crippen LogP contribution in [-0.4, -0.2) is 11.5 Å². The topological polar surface area (TPSA) is 24.9 Å². The molecule has 0 aliphatic carbocycles. The minimum absolute atomic E-state index is 0.592. The van der Waals surface area contributed by atoms with E-state index >= 15 is 0 Å². The van der Waals surface area contributed by atoms with Crippen LogP contribution in [0.2, 0.25) is 10.0 Å². The predicted octanol–water partition coefficient (Wildman–Crippen LogP) is 4.94. The highest BCUT2D eigenvalue weighted by Gasteiger charge is 2.03. The molecule has 3 rings (SSSR count). The van der Waals surface area contributed by atoms with Crippen LogP contribution >= 0.6 is 34.5 Å². The second kappa shape index (κ2) is 6.75. The highest BCUT2D eigenvalue weighted by molar-refractivity contribution is 7.18. The second-order valence-corrected chi connectivity index (χ2v) is 6.68. The summed E-state index contributed by atoms with van der Waals surface area (Å²) >= 11 is 13.7. The number of rotatable bonds is 5. The maximum absolute atomic E-state index is 6.00. The molecule has 108 valence electrons. The Balaban J connectivity index is 1.52. The largest absolute Gasteiger partial charge is 0.312 e. The monoisotopic (exact) mass is 336 g/mol. The van der Waals surface area contributed by atoms with E-state index in [1.807, 2.05) is 30.3 Å². The summed E-state index contributed by atoms with van der Waals surface area (Å²) in [6.45, 7) is 1.67. The van der Waals surface area contributed by atoms with E-state index in [-0.39, 0.29) is 0 Å². The number of hydrogen-bond acceptors (Lipinski definition) is 3. The first-order valence-electron chi connectivity index (χ1n) is 6.71. The Hall–Kier alpha value is -1.13. The van der Waals surface area contributed by atoms with E-state index in [4.69, 9.17) is 23.2 Å². The van der Waals surface area contributed by atoms with Crippen LogP contribution in [0.1, 0.15) is 10.6 Å². The molecule has 21 heavy (non-hydrogen) atoms. The van der Waals surface area contributed by atoms with Gasteiger partial charge in [0.2, 0.25) is 0 Å². The number of halogens is 2. The Labute approximate surface area is 137 Å². The molecule has 2 aromatic carbocycles. The van der Waals surface area contributed by atoms with Gasteiger partial charge < -0.3 is 5.32 Å². The van der Waals surface area contributed by atoms with Gasteiger partial charge in [-0.25, -0.2) is 4.98 Å². The van der Waals surface area contributed by atoms with Crippen LogP contribution in [0.3, 0.4) is 0 Å². The summed E-state index contributed by atoms with van der Waals surface area (Å²) in [5.41, 5.74) is 2.22. The molecule has 3 aromatic rings. The van der Waals surface area contributed by atoms with Gasteiger partial charge in [-0.3, -0.25) is 0 Å². The third kappa shape index (κ3) is 3.74. The van der Waals surface area contributed by atoms with Gasteiger partial charge in [0.05, 0.1) is 25.3 Å². The maximum atomic E-state index is 6.00. The average Bonchev–Trinajstić information content (AvgIpc) is 2.90. The number of nitrogens with one attached hydrogen (secondary N) is 1. The van der Waals surface area contributed by atoms with Crippen molar-refractivity contribution in [2.75, 3.05) is 6.54 Å². The molecule has 0 aliphatic heterocycles. The molecule has 0 spiro atoms. The van der Waals surface area contributed by atoms with Crippen molar-refractivity contribution in [3.63, 3.8) is 0 Å². The second-order valence-electron chi connectivity index (χ2n) is 4.75. The highest BCUT2D eigenvalue weighted by atomic mass is 35.5.